The summed E-state index contributed by atoms with van der Waals surface area (Å²) in [6, 6.07) is 0.652. The van der Waals surface area contributed by atoms with Crippen molar-refractivity contribution in [2.45, 2.75) is 72.8 Å². The molecule has 0 aromatic heterocycles. The highest BCUT2D eigenvalue weighted by Gasteiger charge is 2.16. The first-order valence-electron chi connectivity index (χ1n) is 8.11. The van der Waals surface area contributed by atoms with Gasteiger partial charge in [-0.05, 0) is 44.8 Å². The number of hydrogen-bond acceptors (Lipinski definition) is 2. The summed E-state index contributed by atoms with van der Waals surface area (Å²) in [6.07, 6.45) is 6.51. The molecule has 0 saturated heterocycles. The predicted molar refractivity (Wildman–Crippen MR) is 83.2 cm³/mol. The quantitative estimate of drug-likeness (QED) is 0.569. The van der Waals surface area contributed by atoms with Crippen molar-refractivity contribution < 1.29 is 0 Å². The van der Waals surface area contributed by atoms with Crippen LogP contribution in [-0.2, 0) is 0 Å². The fourth-order valence-corrected chi connectivity index (χ4v) is 2.18. The van der Waals surface area contributed by atoms with Crippen LogP contribution in [0, 0.1) is 5.92 Å². The average Bonchev–Trinajstić information content (AvgIpc) is 2.36. The van der Waals surface area contributed by atoms with E-state index in [0.29, 0.717) is 6.04 Å². The van der Waals surface area contributed by atoms with Crippen LogP contribution in [-0.4, -0.2) is 37.1 Å². The molecule has 0 radical (unpaired) electrons. The molecular formula is C16H36N2. The minimum atomic E-state index is 0.652. The van der Waals surface area contributed by atoms with E-state index in [4.69, 9.17) is 0 Å². The van der Waals surface area contributed by atoms with Crippen LogP contribution in [0.4, 0.5) is 0 Å². The summed E-state index contributed by atoms with van der Waals surface area (Å²) >= 11 is 0. The molecule has 0 rings (SSSR count). The van der Waals surface area contributed by atoms with Gasteiger partial charge < -0.3 is 10.2 Å². The van der Waals surface area contributed by atoms with E-state index in [1.54, 1.807) is 0 Å². The van der Waals surface area contributed by atoms with E-state index < -0.39 is 0 Å². The van der Waals surface area contributed by atoms with Crippen molar-refractivity contribution >= 4 is 0 Å². The topological polar surface area (TPSA) is 15.3 Å². The van der Waals surface area contributed by atoms with Crippen molar-refractivity contribution in [1.29, 1.82) is 0 Å². The summed E-state index contributed by atoms with van der Waals surface area (Å²) in [7, 11) is 0. The van der Waals surface area contributed by atoms with Gasteiger partial charge in [-0.3, -0.25) is 0 Å². The SMILES string of the molecule is CCCCN(CCCC)CC(NCCC)C(C)C. The molecule has 0 aliphatic carbocycles. The van der Waals surface area contributed by atoms with E-state index in [1.165, 1.54) is 51.7 Å². The lowest BCUT2D eigenvalue weighted by atomic mass is 10.0. The van der Waals surface area contributed by atoms with Crippen LogP contribution in [0.5, 0.6) is 0 Å². The minimum Gasteiger partial charge on any atom is -0.312 e. The molecule has 1 unspecified atom stereocenters. The van der Waals surface area contributed by atoms with E-state index in [9.17, 15) is 0 Å². The first kappa shape index (κ1) is 17.9. The molecule has 1 atom stereocenters. The van der Waals surface area contributed by atoms with Crippen molar-refractivity contribution in [2.75, 3.05) is 26.2 Å². The summed E-state index contributed by atoms with van der Waals surface area (Å²) in [5.41, 5.74) is 0. The number of nitrogens with zero attached hydrogens (tertiary/aromatic N) is 1. The van der Waals surface area contributed by atoms with E-state index >= 15 is 0 Å². The maximum absolute atomic E-state index is 3.71. The molecule has 0 heterocycles. The highest BCUT2D eigenvalue weighted by molar-refractivity contribution is 4.75. The van der Waals surface area contributed by atoms with Gasteiger partial charge >= 0.3 is 0 Å². The number of nitrogens with one attached hydrogen (secondary N) is 1. The monoisotopic (exact) mass is 256 g/mol. The number of hydrogen-bond donors (Lipinski definition) is 1. The zero-order valence-corrected chi connectivity index (χ0v) is 13.5. The minimum absolute atomic E-state index is 0.652. The lowest BCUT2D eigenvalue weighted by Gasteiger charge is -2.30. The van der Waals surface area contributed by atoms with Gasteiger partial charge in [0, 0.05) is 12.6 Å². The second-order valence-corrected chi connectivity index (χ2v) is 5.81. The van der Waals surface area contributed by atoms with Gasteiger partial charge in [0.25, 0.3) is 0 Å². The molecule has 0 aromatic rings. The maximum atomic E-state index is 3.71. The zero-order valence-electron chi connectivity index (χ0n) is 13.5. The number of rotatable bonds is 12. The summed E-state index contributed by atoms with van der Waals surface area (Å²) in [4.78, 5) is 2.67. The molecule has 1 N–H and O–H groups in total. The van der Waals surface area contributed by atoms with Crippen molar-refractivity contribution in [1.82, 2.24) is 10.2 Å². The van der Waals surface area contributed by atoms with E-state index in [-0.39, 0.29) is 0 Å². The molecular weight excluding hydrogens is 220 g/mol. The number of unbranched alkanes of at least 4 members (excludes halogenated alkanes) is 2. The Labute approximate surface area is 116 Å². The molecule has 18 heavy (non-hydrogen) atoms. The van der Waals surface area contributed by atoms with Crippen LogP contribution in [0.2, 0.25) is 0 Å². The fourth-order valence-electron chi connectivity index (χ4n) is 2.18. The van der Waals surface area contributed by atoms with Crippen LogP contribution >= 0.6 is 0 Å². The van der Waals surface area contributed by atoms with Crippen LogP contribution in [0.3, 0.4) is 0 Å². The Hall–Kier alpha value is -0.0800. The van der Waals surface area contributed by atoms with Crippen molar-refractivity contribution in [3.63, 3.8) is 0 Å². The van der Waals surface area contributed by atoms with Crippen molar-refractivity contribution in [2.24, 2.45) is 5.92 Å². The Morgan fingerprint density at radius 3 is 1.83 bits per heavy atom. The first-order chi connectivity index (χ1) is 8.65. The molecule has 0 bridgehead atoms. The third-order valence-electron chi connectivity index (χ3n) is 3.57. The van der Waals surface area contributed by atoms with Gasteiger partial charge in [0.15, 0.2) is 0 Å². The molecule has 0 saturated carbocycles. The predicted octanol–water partition coefficient (Wildman–Crippen LogP) is 3.91. The molecule has 2 nitrogen and oxygen atoms in total. The van der Waals surface area contributed by atoms with Gasteiger partial charge in [0.1, 0.15) is 0 Å². The second-order valence-electron chi connectivity index (χ2n) is 5.81. The molecule has 0 aliphatic rings. The van der Waals surface area contributed by atoms with E-state index in [1.807, 2.05) is 0 Å². The van der Waals surface area contributed by atoms with E-state index in [0.717, 1.165) is 12.5 Å². The van der Waals surface area contributed by atoms with Crippen molar-refractivity contribution in [3.05, 3.63) is 0 Å². The fraction of sp³-hybridized carbons (Fsp3) is 1.00. The Balaban J connectivity index is 4.18. The Morgan fingerprint density at radius 2 is 1.44 bits per heavy atom. The van der Waals surface area contributed by atoms with Crippen LogP contribution in [0.25, 0.3) is 0 Å². The molecule has 110 valence electrons. The highest BCUT2D eigenvalue weighted by atomic mass is 15.1. The van der Waals surface area contributed by atoms with Gasteiger partial charge in [-0.2, -0.15) is 0 Å². The third-order valence-corrected chi connectivity index (χ3v) is 3.57. The molecule has 0 aromatic carbocycles. The molecule has 0 fully saturated rings. The van der Waals surface area contributed by atoms with Crippen LogP contribution in [0.1, 0.15) is 66.7 Å². The standard InChI is InChI=1S/C16H36N2/c1-6-9-12-18(13-10-7-2)14-16(15(4)5)17-11-8-3/h15-17H,6-14H2,1-5H3. The van der Waals surface area contributed by atoms with Gasteiger partial charge in [0.2, 0.25) is 0 Å². The lowest BCUT2D eigenvalue weighted by Crippen LogP contribution is -2.45. The zero-order chi connectivity index (χ0) is 13.8. The molecule has 0 spiro atoms. The van der Waals surface area contributed by atoms with Crippen LogP contribution < -0.4 is 5.32 Å². The smallest absolute Gasteiger partial charge is 0.0217 e. The summed E-state index contributed by atoms with van der Waals surface area (Å²) in [6.45, 7) is 16.4. The highest BCUT2D eigenvalue weighted by Crippen LogP contribution is 2.07. The molecule has 2 heteroatoms. The Morgan fingerprint density at radius 1 is 0.889 bits per heavy atom. The Kier molecular flexibility index (Phi) is 11.9. The molecule has 0 aliphatic heterocycles. The lowest BCUT2D eigenvalue weighted by molar-refractivity contribution is 0.212. The largest absolute Gasteiger partial charge is 0.312 e. The maximum Gasteiger partial charge on any atom is 0.0217 e. The summed E-state index contributed by atoms with van der Waals surface area (Å²) < 4.78 is 0. The average molecular weight is 256 g/mol. The van der Waals surface area contributed by atoms with Crippen molar-refractivity contribution in [3.8, 4) is 0 Å². The van der Waals surface area contributed by atoms with Crippen LogP contribution in [0.15, 0.2) is 0 Å². The normalized spacial score (nSPS) is 13.5. The van der Waals surface area contributed by atoms with E-state index in [2.05, 4.69) is 44.8 Å². The first-order valence-corrected chi connectivity index (χ1v) is 8.11. The van der Waals surface area contributed by atoms with Gasteiger partial charge in [-0.15, -0.1) is 0 Å². The summed E-state index contributed by atoms with van der Waals surface area (Å²) in [5, 5.41) is 3.71. The van der Waals surface area contributed by atoms with Gasteiger partial charge in [-0.1, -0.05) is 47.5 Å². The third kappa shape index (κ3) is 8.93. The Bertz CT molecular complexity index is 160. The summed E-state index contributed by atoms with van der Waals surface area (Å²) in [5.74, 6) is 0.724. The molecule has 0 amide bonds. The van der Waals surface area contributed by atoms with Gasteiger partial charge in [-0.25, -0.2) is 0 Å². The second kappa shape index (κ2) is 12.0. The van der Waals surface area contributed by atoms with Gasteiger partial charge in [0.05, 0.1) is 0 Å².